The maximum atomic E-state index is 12.6. The predicted octanol–water partition coefficient (Wildman–Crippen LogP) is 4.14. The van der Waals surface area contributed by atoms with E-state index in [4.69, 9.17) is 0 Å². The standard InChI is InChI=1S/C17H25NO2S/c1-4-7-9-12-16(6-3)18(21(19,20)15-5-2)17-13-10-8-11-14-17/h5-6,8,10-11,13-14,16H,2-4,7,9,12,15H2,1H3. The smallest absolute Gasteiger partial charge is 0.239 e. The van der Waals surface area contributed by atoms with Crippen LogP contribution in [0, 0.1) is 0 Å². The van der Waals surface area contributed by atoms with Crippen LogP contribution in [0.15, 0.2) is 55.6 Å². The first-order valence-electron chi connectivity index (χ1n) is 7.37. The van der Waals surface area contributed by atoms with E-state index < -0.39 is 10.0 Å². The number of nitrogens with zero attached hydrogens (tertiary/aromatic N) is 1. The highest BCUT2D eigenvalue weighted by Gasteiger charge is 2.27. The highest BCUT2D eigenvalue weighted by atomic mass is 32.2. The average molecular weight is 307 g/mol. The van der Waals surface area contributed by atoms with Gasteiger partial charge in [-0.25, -0.2) is 8.42 Å². The highest BCUT2D eigenvalue weighted by Crippen LogP contribution is 2.24. The van der Waals surface area contributed by atoms with Gasteiger partial charge >= 0.3 is 0 Å². The minimum Gasteiger partial charge on any atom is -0.263 e. The van der Waals surface area contributed by atoms with Gasteiger partial charge in [0.05, 0.1) is 17.5 Å². The Hall–Kier alpha value is -1.55. The lowest BCUT2D eigenvalue weighted by molar-refractivity contribution is 0.572. The zero-order valence-electron chi connectivity index (χ0n) is 12.7. The lowest BCUT2D eigenvalue weighted by Crippen LogP contribution is -2.40. The number of benzene rings is 1. The Kier molecular flexibility index (Phi) is 7.23. The second-order valence-electron chi connectivity index (χ2n) is 5.00. The van der Waals surface area contributed by atoms with Crippen LogP contribution in [-0.4, -0.2) is 20.2 Å². The minimum atomic E-state index is -3.43. The summed E-state index contributed by atoms with van der Waals surface area (Å²) >= 11 is 0. The van der Waals surface area contributed by atoms with E-state index in [0.29, 0.717) is 5.69 Å². The van der Waals surface area contributed by atoms with Crippen LogP contribution in [0.2, 0.25) is 0 Å². The second kappa shape index (κ2) is 8.67. The molecule has 21 heavy (non-hydrogen) atoms. The molecule has 0 heterocycles. The molecule has 0 aliphatic carbocycles. The van der Waals surface area contributed by atoms with Gasteiger partial charge in [-0.3, -0.25) is 4.31 Å². The summed E-state index contributed by atoms with van der Waals surface area (Å²) in [5, 5.41) is 0. The van der Waals surface area contributed by atoms with Crippen LogP contribution in [0.25, 0.3) is 0 Å². The zero-order chi connectivity index (χ0) is 15.7. The van der Waals surface area contributed by atoms with E-state index in [1.807, 2.05) is 30.3 Å². The van der Waals surface area contributed by atoms with Crippen molar-refractivity contribution in [1.82, 2.24) is 0 Å². The quantitative estimate of drug-likeness (QED) is 0.481. The maximum Gasteiger partial charge on any atom is 0.239 e. The fraction of sp³-hybridized carbons (Fsp3) is 0.412. The average Bonchev–Trinajstić information content (AvgIpc) is 2.47. The van der Waals surface area contributed by atoms with Gasteiger partial charge in [0.15, 0.2) is 0 Å². The first-order chi connectivity index (χ1) is 10.1. The van der Waals surface area contributed by atoms with Crippen molar-refractivity contribution in [3.05, 3.63) is 55.6 Å². The molecule has 1 atom stereocenters. The monoisotopic (exact) mass is 307 g/mol. The summed E-state index contributed by atoms with van der Waals surface area (Å²) in [5.74, 6) is -0.0694. The van der Waals surface area contributed by atoms with Crippen LogP contribution in [0.1, 0.15) is 32.6 Å². The molecule has 1 unspecified atom stereocenters. The molecule has 0 radical (unpaired) electrons. The van der Waals surface area contributed by atoms with E-state index in [9.17, 15) is 8.42 Å². The van der Waals surface area contributed by atoms with Crippen molar-refractivity contribution < 1.29 is 8.42 Å². The molecule has 3 nitrogen and oxygen atoms in total. The Bertz CT molecular complexity index is 537. The third-order valence-corrected chi connectivity index (χ3v) is 5.05. The molecule has 0 bridgehead atoms. The lowest BCUT2D eigenvalue weighted by atomic mass is 10.1. The molecule has 0 spiro atoms. The molecule has 0 aliphatic rings. The molecule has 1 rings (SSSR count). The fourth-order valence-electron chi connectivity index (χ4n) is 2.30. The summed E-state index contributed by atoms with van der Waals surface area (Å²) in [6.07, 6.45) is 7.12. The topological polar surface area (TPSA) is 37.4 Å². The van der Waals surface area contributed by atoms with Crippen LogP contribution >= 0.6 is 0 Å². The van der Waals surface area contributed by atoms with Gasteiger partial charge in [-0.15, -0.1) is 13.2 Å². The lowest BCUT2D eigenvalue weighted by Gasteiger charge is -2.30. The molecule has 0 aromatic heterocycles. The Morgan fingerprint density at radius 2 is 1.86 bits per heavy atom. The van der Waals surface area contributed by atoms with Crippen LogP contribution in [0.5, 0.6) is 0 Å². The molecule has 0 N–H and O–H groups in total. The van der Waals surface area contributed by atoms with Crippen molar-refractivity contribution in [2.24, 2.45) is 0 Å². The largest absolute Gasteiger partial charge is 0.263 e. The van der Waals surface area contributed by atoms with Gasteiger partial charge in [0, 0.05) is 0 Å². The van der Waals surface area contributed by atoms with Gasteiger partial charge in [-0.05, 0) is 18.6 Å². The number of para-hydroxylation sites is 1. The molecule has 0 amide bonds. The van der Waals surface area contributed by atoms with E-state index in [0.717, 1.165) is 25.7 Å². The number of sulfonamides is 1. The molecule has 116 valence electrons. The van der Waals surface area contributed by atoms with Crippen LogP contribution in [-0.2, 0) is 10.0 Å². The van der Waals surface area contributed by atoms with Crippen molar-refractivity contribution in [2.75, 3.05) is 10.1 Å². The SMILES string of the molecule is C=CCS(=O)(=O)N(c1ccccc1)C(C=C)CCCCC. The number of anilines is 1. The zero-order valence-corrected chi connectivity index (χ0v) is 13.6. The third kappa shape index (κ3) is 5.05. The fourth-order valence-corrected chi connectivity index (χ4v) is 3.80. The van der Waals surface area contributed by atoms with Crippen LogP contribution in [0.4, 0.5) is 5.69 Å². The molecule has 1 aromatic rings. The highest BCUT2D eigenvalue weighted by molar-refractivity contribution is 7.92. The van der Waals surface area contributed by atoms with E-state index in [1.54, 1.807) is 6.08 Å². The van der Waals surface area contributed by atoms with E-state index in [2.05, 4.69) is 20.1 Å². The summed E-state index contributed by atoms with van der Waals surface area (Å²) in [5.41, 5.74) is 0.681. The normalized spacial score (nSPS) is 12.6. The molecular weight excluding hydrogens is 282 g/mol. The summed E-state index contributed by atoms with van der Waals surface area (Å²) in [6.45, 7) is 9.51. The molecule has 4 heteroatoms. The summed E-state index contributed by atoms with van der Waals surface area (Å²) in [7, 11) is -3.43. The first-order valence-corrected chi connectivity index (χ1v) is 8.98. The summed E-state index contributed by atoms with van der Waals surface area (Å²) < 4.78 is 26.6. The van der Waals surface area contributed by atoms with Gasteiger partial charge in [-0.2, -0.15) is 0 Å². The molecular formula is C17H25NO2S. The van der Waals surface area contributed by atoms with Gasteiger partial charge < -0.3 is 0 Å². The number of rotatable bonds is 10. The van der Waals surface area contributed by atoms with E-state index in [1.165, 1.54) is 10.4 Å². The second-order valence-corrected chi connectivity index (χ2v) is 6.89. The Balaban J connectivity index is 3.11. The summed E-state index contributed by atoms with van der Waals surface area (Å²) in [6, 6.07) is 8.98. The number of hydrogen-bond donors (Lipinski definition) is 0. The van der Waals surface area contributed by atoms with E-state index in [-0.39, 0.29) is 11.8 Å². The third-order valence-electron chi connectivity index (χ3n) is 3.32. The molecule has 0 fully saturated rings. The maximum absolute atomic E-state index is 12.6. The van der Waals surface area contributed by atoms with Crippen molar-refractivity contribution in [3.63, 3.8) is 0 Å². The van der Waals surface area contributed by atoms with Gasteiger partial charge in [0.25, 0.3) is 0 Å². The molecule has 0 aliphatic heterocycles. The van der Waals surface area contributed by atoms with Gasteiger partial charge in [0.1, 0.15) is 0 Å². The van der Waals surface area contributed by atoms with Crippen LogP contribution < -0.4 is 4.31 Å². The van der Waals surface area contributed by atoms with E-state index >= 15 is 0 Å². The van der Waals surface area contributed by atoms with Crippen molar-refractivity contribution in [3.8, 4) is 0 Å². The van der Waals surface area contributed by atoms with Gasteiger partial charge in [0.2, 0.25) is 10.0 Å². The van der Waals surface area contributed by atoms with Crippen molar-refractivity contribution in [1.29, 1.82) is 0 Å². The predicted molar refractivity (Wildman–Crippen MR) is 91.0 cm³/mol. The summed E-state index contributed by atoms with van der Waals surface area (Å²) in [4.78, 5) is 0. The minimum absolute atomic E-state index is 0.0694. The Morgan fingerprint density at radius 3 is 2.38 bits per heavy atom. The van der Waals surface area contributed by atoms with Crippen molar-refractivity contribution >= 4 is 15.7 Å². The Labute approximate surface area is 129 Å². The molecule has 0 saturated heterocycles. The van der Waals surface area contributed by atoms with Crippen LogP contribution in [0.3, 0.4) is 0 Å². The molecule has 1 aromatic carbocycles. The first kappa shape index (κ1) is 17.5. The number of unbranched alkanes of at least 4 members (excludes halogenated alkanes) is 2. The van der Waals surface area contributed by atoms with Crippen molar-refractivity contribution in [2.45, 2.75) is 38.6 Å². The Morgan fingerprint density at radius 1 is 1.19 bits per heavy atom. The molecule has 0 saturated carbocycles. The number of hydrogen-bond acceptors (Lipinski definition) is 2. The van der Waals surface area contributed by atoms with Gasteiger partial charge in [-0.1, -0.05) is 56.5 Å².